The summed E-state index contributed by atoms with van der Waals surface area (Å²) in [6.07, 6.45) is 7.60. The predicted octanol–water partition coefficient (Wildman–Crippen LogP) is 2.28. The second-order valence-electron chi connectivity index (χ2n) is 6.00. The number of ether oxygens (including phenoxy) is 1. The largest absolute Gasteiger partial charge is 0.469 e. The highest BCUT2D eigenvalue weighted by Gasteiger charge is 2.45. The van der Waals surface area contributed by atoms with Gasteiger partial charge >= 0.3 is 5.97 Å². The van der Waals surface area contributed by atoms with Gasteiger partial charge in [0.05, 0.1) is 19.7 Å². The number of hydrogen-bond acceptors (Lipinski definition) is 5. The fourth-order valence-electron chi connectivity index (χ4n) is 2.46. The van der Waals surface area contributed by atoms with E-state index in [0.717, 1.165) is 25.0 Å². The van der Waals surface area contributed by atoms with Crippen LogP contribution in [0.15, 0.2) is 12.4 Å². The van der Waals surface area contributed by atoms with E-state index in [4.69, 9.17) is 10.5 Å². The number of rotatable bonds is 8. The molecule has 1 saturated carbocycles. The van der Waals surface area contributed by atoms with E-state index in [1.807, 2.05) is 35.9 Å². The number of aromatic nitrogens is 2. The molecule has 2 atom stereocenters. The third-order valence-electron chi connectivity index (χ3n) is 4.19. The van der Waals surface area contributed by atoms with Crippen LogP contribution in [0.5, 0.6) is 0 Å². The smallest absolute Gasteiger partial charge is 0.306 e. The van der Waals surface area contributed by atoms with Crippen molar-refractivity contribution in [1.29, 1.82) is 0 Å². The Morgan fingerprint density at radius 3 is 2.81 bits per heavy atom. The third-order valence-corrected chi connectivity index (χ3v) is 5.95. The Morgan fingerprint density at radius 1 is 1.62 bits per heavy atom. The van der Waals surface area contributed by atoms with E-state index in [0.29, 0.717) is 6.42 Å². The molecule has 1 aromatic rings. The Kier molecular flexibility index (Phi) is 5.32. The van der Waals surface area contributed by atoms with Gasteiger partial charge in [-0.15, -0.1) is 0 Å². The summed E-state index contributed by atoms with van der Waals surface area (Å²) < 4.78 is 6.62. The minimum Gasteiger partial charge on any atom is -0.469 e. The molecule has 1 heterocycles. The lowest BCUT2D eigenvalue weighted by molar-refractivity contribution is -0.141. The lowest BCUT2D eigenvalue weighted by Crippen LogP contribution is -2.26. The first-order valence-corrected chi connectivity index (χ1v) is 8.47. The lowest BCUT2D eigenvalue weighted by atomic mass is 10.1. The maximum absolute atomic E-state index is 11.5. The van der Waals surface area contributed by atoms with Gasteiger partial charge in [0.25, 0.3) is 0 Å². The van der Waals surface area contributed by atoms with Gasteiger partial charge in [-0.1, -0.05) is 6.92 Å². The van der Waals surface area contributed by atoms with Gasteiger partial charge < -0.3 is 10.5 Å². The summed E-state index contributed by atoms with van der Waals surface area (Å²) in [5.74, 6) is 0.848. The first-order valence-electron chi connectivity index (χ1n) is 7.42. The minimum atomic E-state index is -0.106. The van der Waals surface area contributed by atoms with Crippen LogP contribution >= 0.6 is 11.8 Å². The van der Waals surface area contributed by atoms with Crippen LogP contribution in [0, 0.1) is 5.41 Å². The second-order valence-corrected chi connectivity index (χ2v) is 7.13. The van der Waals surface area contributed by atoms with Gasteiger partial charge in [0, 0.05) is 35.9 Å². The normalized spacial score (nSPS) is 19.0. The molecule has 0 amide bonds. The Balaban J connectivity index is 1.98. The Hall–Kier alpha value is -1.01. The number of nitrogens with zero attached hydrogens (tertiary/aromatic N) is 2. The van der Waals surface area contributed by atoms with Crippen LogP contribution in [0.4, 0.5) is 0 Å². The molecule has 2 rings (SSSR count). The summed E-state index contributed by atoms with van der Waals surface area (Å²) in [7, 11) is 3.37. The summed E-state index contributed by atoms with van der Waals surface area (Å²) >= 11 is 1.86. The molecule has 2 unspecified atom stereocenters. The zero-order valence-electron chi connectivity index (χ0n) is 13.0. The average molecular weight is 311 g/mol. The molecular weight excluding hydrogens is 286 g/mol. The van der Waals surface area contributed by atoms with Gasteiger partial charge in [-0.05, 0) is 24.7 Å². The molecule has 1 aliphatic rings. The number of hydrogen-bond donors (Lipinski definition) is 1. The van der Waals surface area contributed by atoms with E-state index < -0.39 is 0 Å². The van der Waals surface area contributed by atoms with Gasteiger partial charge in [0.15, 0.2) is 0 Å². The topological polar surface area (TPSA) is 70.1 Å². The summed E-state index contributed by atoms with van der Waals surface area (Å²) in [5, 5.41) is 4.48. The van der Waals surface area contributed by atoms with E-state index in [-0.39, 0.29) is 22.7 Å². The minimum absolute atomic E-state index is 0.105. The molecule has 6 heteroatoms. The number of aryl methyl sites for hydroxylation is 1. The second kappa shape index (κ2) is 6.83. The first-order chi connectivity index (χ1) is 9.99. The van der Waals surface area contributed by atoms with Crippen molar-refractivity contribution in [2.75, 3.05) is 12.9 Å². The highest BCUT2D eigenvalue weighted by molar-refractivity contribution is 7.99. The van der Waals surface area contributed by atoms with E-state index >= 15 is 0 Å². The lowest BCUT2D eigenvalue weighted by Gasteiger charge is -2.24. The molecule has 0 spiro atoms. The van der Waals surface area contributed by atoms with Crippen LogP contribution in [0.3, 0.4) is 0 Å². The van der Waals surface area contributed by atoms with Crippen molar-refractivity contribution >= 4 is 17.7 Å². The average Bonchev–Trinajstić information content (AvgIpc) is 3.10. The van der Waals surface area contributed by atoms with E-state index in [1.54, 1.807) is 0 Å². The van der Waals surface area contributed by atoms with E-state index in [1.165, 1.54) is 12.7 Å². The van der Waals surface area contributed by atoms with Gasteiger partial charge in [0.1, 0.15) is 0 Å². The Labute approximate surface area is 130 Å². The van der Waals surface area contributed by atoms with Crippen LogP contribution in [-0.2, 0) is 16.6 Å². The standard InChI is InChI=1S/C15H25N3O2S/c1-4-12(16)14(11-8-17-18(2)9-11)21-10-15(5-6-15)7-13(19)20-3/h8-9,12,14H,4-7,10,16H2,1-3H3. The number of thioether (sulfide) groups is 1. The highest BCUT2D eigenvalue weighted by Crippen LogP contribution is 2.53. The molecule has 2 N–H and O–H groups in total. The zero-order valence-corrected chi connectivity index (χ0v) is 13.9. The van der Waals surface area contributed by atoms with Crippen LogP contribution in [0.25, 0.3) is 0 Å². The van der Waals surface area contributed by atoms with Gasteiger partial charge in [0.2, 0.25) is 0 Å². The molecule has 21 heavy (non-hydrogen) atoms. The maximum Gasteiger partial charge on any atom is 0.306 e. The monoisotopic (exact) mass is 311 g/mol. The predicted molar refractivity (Wildman–Crippen MR) is 85.0 cm³/mol. The molecule has 1 fully saturated rings. The number of nitrogens with two attached hydrogens (primary N) is 1. The molecule has 5 nitrogen and oxygen atoms in total. The molecule has 0 aromatic carbocycles. The molecule has 0 saturated heterocycles. The summed E-state index contributed by atoms with van der Waals surface area (Å²) in [4.78, 5) is 11.5. The number of carbonyl (C=O) groups excluding carboxylic acids is 1. The third kappa shape index (κ3) is 4.23. The number of carbonyl (C=O) groups is 1. The number of esters is 1. The maximum atomic E-state index is 11.5. The summed E-state index contributed by atoms with van der Waals surface area (Å²) in [6, 6.07) is 0.105. The van der Waals surface area contributed by atoms with Crippen LogP contribution < -0.4 is 5.73 Å². The van der Waals surface area contributed by atoms with E-state index in [2.05, 4.69) is 12.0 Å². The van der Waals surface area contributed by atoms with E-state index in [9.17, 15) is 4.79 Å². The molecule has 1 aliphatic carbocycles. The van der Waals surface area contributed by atoms with Gasteiger partial charge in [-0.2, -0.15) is 16.9 Å². The van der Waals surface area contributed by atoms with Crippen molar-refractivity contribution in [3.05, 3.63) is 18.0 Å². The quantitative estimate of drug-likeness (QED) is 0.746. The van der Waals surface area contributed by atoms with Crippen molar-refractivity contribution in [1.82, 2.24) is 9.78 Å². The molecule has 0 radical (unpaired) electrons. The van der Waals surface area contributed by atoms with Crippen LogP contribution in [0.1, 0.15) is 43.4 Å². The molecule has 118 valence electrons. The highest BCUT2D eigenvalue weighted by atomic mass is 32.2. The SMILES string of the molecule is CCC(N)C(SCC1(CC(=O)OC)CC1)c1cnn(C)c1. The van der Waals surface area contributed by atoms with Crippen LogP contribution in [-0.4, -0.2) is 34.7 Å². The van der Waals surface area contributed by atoms with Crippen molar-refractivity contribution in [2.45, 2.75) is 43.9 Å². The van der Waals surface area contributed by atoms with Crippen molar-refractivity contribution in [2.24, 2.45) is 18.2 Å². The summed E-state index contributed by atoms with van der Waals surface area (Å²) in [6.45, 7) is 2.11. The van der Waals surface area contributed by atoms with Crippen molar-refractivity contribution in [3.63, 3.8) is 0 Å². The van der Waals surface area contributed by atoms with Crippen molar-refractivity contribution < 1.29 is 9.53 Å². The molecule has 1 aromatic heterocycles. The molecular formula is C15H25N3O2S. The molecule has 0 bridgehead atoms. The molecule has 0 aliphatic heterocycles. The van der Waals surface area contributed by atoms with Gasteiger partial charge in [-0.25, -0.2) is 0 Å². The number of methoxy groups -OCH3 is 1. The Bertz CT molecular complexity index is 485. The fourth-order valence-corrected chi connectivity index (χ4v) is 4.14. The Morgan fingerprint density at radius 2 is 2.33 bits per heavy atom. The first kappa shape index (κ1) is 16.4. The van der Waals surface area contributed by atoms with Gasteiger partial charge in [-0.3, -0.25) is 9.48 Å². The zero-order chi connectivity index (χ0) is 15.5. The fraction of sp³-hybridized carbons (Fsp3) is 0.733. The van der Waals surface area contributed by atoms with Crippen LogP contribution in [0.2, 0.25) is 0 Å². The van der Waals surface area contributed by atoms with Crippen molar-refractivity contribution in [3.8, 4) is 0 Å². The summed E-state index contributed by atoms with van der Waals surface area (Å²) in [5.41, 5.74) is 7.59.